The van der Waals surface area contributed by atoms with Gasteiger partial charge in [0.15, 0.2) is 11.5 Å². The monoisotopic (exact) mass is 1110 g/mol. The van der Waals surface area contributed by atoms with Crippen molar-refractivity contribution >= 4 is 75.9 Å². The predicted octanol–water partition coefficient (Wildman–Crippen LogP) is 3.57. The lowest BCUT2D eigenvalue weighted by Crippen LogP contribution is -2.59. The number of ether oxygens (including phenoxy) is 2. The molecule has 22 nitrogen and oxygen atoms in total. The Balaban J connectivity index is 1.34. The fourth-order valence-corrected chi connectivity index (χ4v) is 9.86. The van der Waals surface area contributed by atoms with E-state index < -0.39 is 136 Å². The van der Waals surface area contributed by atoms with Gasteiger partial charge in [-0.3, -0.25) is 28.8 Å². The zero-order valence-electron chi connectivity index (χ0n) is 41.0. The molecule has 0 saturated carbocycles. The maximum atomic E-state index is 15.0. The number of fused-ring (bicyclic) bond motifs is 15. The summed E-state index contributed by atoms with van der Waals surface area (Å²) in [5, 5.41) is 87.1. The van der Waals surface area contributed by atoms with E-state index in [9.17, 15) is 59.4 Å². The maximum absolute atomic E-state index is 15.0. The number of halogens is 2. The number of phenolic OH excluding ortho intramolecular Hbond substituents is 4. The number of aliphatic hydroxyl groups excluding tert-OH is 2. The van der Waals surface area contributed by atoms with Gasteiger partial charge in [-0.05, 0) is 102 Å². The normalized spacial score (nSPS) is 21.9. The SMILES string of the molecule is CN[C@H](CC(C)C)C(=O)N[C@H]1C(=O)N[C@@H](CC(N)=O)C(=O)N[C@H]2C(=S)N[C@@H]3C(=O)N[C@H](C(=O)NCc4cc(O)cc(O)c4-c4cc3ccc4O)[C@H](O)c3ccc(c(Cl)c3)Oc3cc2cc(c3O)Oc2ccc(cc2Cl)[C@H]1O. The van der Waals surface area contributed by atoms with Crippen molar-refractivity contribution in [3.05, 3.63) is 117 Å². The fraction of sp³-hybridized carbons (Fsp3) is 0.288. The van der Waals surface area contributed by atoms with Crippen LogP contribution in [0.5, 0.6) is 46.0 Å². The summed E-state index contributed by atoms with van der Waals surface area (Å²) >= 11 is 19.6. The highest BCUT2D eigenvalue weighted by atomic mass is 35.5. The number of nitrogens with two attached hydrogens (primary N) is 1. The Bertz CT molecular complexity index is 3240. The van der Waals surface area contributed by atoms with Gasteiger partial charge in [0.1, 0.15) is 76.2 Å². The molecule has 0 saturated heterocycles. The Morgan fingerprint density at radius 3 is 1.94 bits per heavy atom. The van der Waals surface area contributed by atoms with Gasteiger partial charge < -0.3 is 83.1 Å². The van der Waals surface area contributed by atoms with E-state index >= 15 is 0 Å². The highest BCUT2D eigenvalue weighted by Gasteiger charge is 2.39. The van der Waals surface area contributed by atoms with E-state index in [1.165, 1.54) is 79.8 Å². The van der Waals surface area contributed by atoms with Crippen LogP contribution in [0.4, 0.5) is 0 Å². The first-order valence-corrected chi connectivity index (χ1v) is 25.0. The van der Waals surface area contributed by atoms with E-state index in [1.54, 1.807) is 0 Å². The Hall–Kier alpha value is -7.93. The molecule has 5 heterocycles. The summed E-state index contributed by atoms with van der Waals surface area (Å²) in [4.78, 5) is 84.6. The molecule has 11 bridgehead atoms. The van der Waals surface area contributed by atoms with Crippen LogP contribution in [0.15, 0.2) is 78.9 Å². The molecule has 404 valence electrons. The predicted molar refractivity (Wildman–Crippen MR) is 281 cm³/mol. The molecule has 15 N–H and O–H groups in total. The minimum absolute atomic E-state index is 0.00185. The van der Waals surface area contributed by atoms with E-state index in [1.807, 2.05) is 13.8 Å². The van der Waals surface area contributed by atoms with Crippen molar-refractivity contribution in [1.29, 1.82) is 0 Å². The van der Waals surface area contributed by atoms with Crippen LogP contribution < -0.4 is 52.4 Å². The number of rotatable bonds is 7. The molecule has 5 aromatic rings. The van der Waals surface area contributed by atoms with Crippen LogP contribution in [0.25, 0.3) is 11.1 Å². The molecule has 5 aliphatic rings. The molecule has 5 aromatic carbocycles. The van der Waals surface area contributed by atoms with Crippen LogP contribution in [0.2, 0.25) is 10.0 Å². The number of amides is 6. The van der Waals surface area contributed by atoms with Crippen molar-refractivity contribution < 1.29 is 68.9 Å². The number of thiocarbonyl (C=S) groups is 1. The Labute approximate surface area is 454 Å². The topological polar surface area (TPSA) is 352 Å². The summed E-state index contributed by atoms with van der Waals surface area (Å²) in [6, 6.07) is 6.28. The molecule has 0 spiro atoms. The lowest BCUT2D eigenvalue weighted by molar-refractivity contribution is -0.136. The van der Waals surface area contributed by atoms with E-state index in [0.29, 0.717) is 6.42 Å². The fourth-order valence-electron chi connectivity index (χ4n) is 9.09. The summed E-state index contributed by atoms with van der Waals surface area (Å²) in [6.45, 7) is 3.33. The number of carbonyl (C=O) groups is 6. The van der Waals surface area contributed by atoms with Crippen molar-refractivity contribution in [3.8, 4) is 57.1 Å². The molecule has 25 heteroatoms. The van der Waals surface area contributed by atoms with E-state index in [-0.39, 0.29) is 66.4 Å². The van der Waals surface area contributed by atoms with Gasteiger partial charge in [0, 0.05) is 23.7 Å². The molecule has 0 fully saturated rings. The molecule has 0 aromatic heterocycles. The first kappa shape index (κ1) is 55.3. The van der Waals surface area contributed by atoms with Crippen molar-refractivity contribution in [2.45, 2.75) is 81.7 Å². The summed E-state index contributed by atoms with van der Waals surface area (Å²) in [6.07, 6.45) is -4.29. The highest BCUT2D eigenvalue weighted by Crippen LogP contribution is 2.47. The van der Waals surface area contributed by atoms with Crippen molar-refractivity contribution in [3.63, 3.8) is 0 Å². The molecular formula is C52H52Cl2N8O14S. The van der Waals surface area contributed by atoms with Crippen molar-refractivity contribution in [1.82, 2.24) is 37.2 Å². The van der Waals surface area contributed by atoms with Crippen LogP contribution in [0.1, 0.15) is 78.8 Å². The van der Waals surface area contributed by atoms with Gasteiger partial charge >= 0.3 is 0 Å². The summed E-state index contributed by atoms with van der Waals surface area (Å²) in [7, 11) is 1.53. The number of aromatic hydroxyl groups is 4. The van der Waals surface area contributed by atoms with Gasteiger partial charge in [-0.2, -0.15) is 0 Å². The second-order valence-electron chi connectivity index (χ2n) is 18.9. The molecule has 0 radical (unpaired) electrons. The van der Waals surface area contributed by atoms with Crippen LogP contribution >= 0.6 is 35.4 Å². The molecule has 10 rings (SSSR count). The number of primary amides is 1. The molecular weight excluding hydrogens is 1060 g/mol. The first-order valence-electron chi connectivity index (χ1n) is 23.8. The smallest absolute Gasteiger partial charge is 0.247 e. The summed E-state index contributed by atoms with van der Waals surface area (Å²) < 4.78 is 12.4. The zero-order chi connectivity index (χ0) is 55.7. The van der Waals surface area contributed by atoms with Crippen LogP contribution in [0.3, 0.4) is 0 Å². The second kappa shape index (κ2) is 22.7. The standard InChI is InChI=1S/C52H52Cl2N8O14S/c1-20(2)10-30(56-3)47(70)60-43-45(68)23-6-9-35(29(54)14-23)76-37-16-24-15-36(46(37)69)75-34-8-5-22(13-28(34)53)44(67)42-49(72)57-19-25-11-26(63)17-33(65)39(25)27-12-21(4-7-32(27)64)40(50(73)61-42)62-52(77)41(24)59-48(71)31(18-38(55)66)58-51(43)74/h4-9,11-17,20,30-31,40-45,56,63-65,67-69H,10,18-19H2,1-3H3,(H2,55,66)(H,57,72)(H,58,74)(H,59,71)(H,60,70)(H,61,73)(H,62,77)/t30-,31+,40+,41-,42+,43-,44-,45-/m1/s1. The number of hydrogen-bond acceptors (Lipinski definition) is 16. The largest absolute Gasteiger partial charge is 0.508 e. The lowest BCUT2D eigenvalue weighted by Gasteiger charge is -2.31. The van der Waals surface area contributed by atoms with Gasteiger partial charge in [-0.1, -0.05) is 67.5 Å². The maximum Gasteiger partial charge on any atom is 0.247 e. The molecule has 8 atom stereocenters. The van der Waals surface area contributed by atoms with Gasteiger partial charge in [0.05, 0.1) is 22.5 Å². The Kier molecular flexibility index (Phi) is 16.3. The van der Waals surface area contributed by atoms with Crippen LogP contribution in [-0.4, -0.2) is 102 Å². The molecule has 5 aliphatic heterocycles. The Morgan fingerprint density at radius 1 is 0.714 bits per heavy atom. The van der Waals surface area contributed by atoms with Gasteiger partial charge in [0.25, 0.3) is 0 Å². The third-order valence-corrected chi connectivity index (χ3v) is 13.9. The third-order valence-electron chi connectivity index (χ3n) is 13.0. The average molecular weight is 1120 g/mol. The summed E-state index contributed by atoms with van der Waals surface area (Å²) in [5.74, 6) is -9.24. The minimum Gasteiger partial charge on any atom is -0.508 e. The van der Waals surface area contributed by atoms with Crippen LogP contribution in [0, 0.1) is 5.92 Å². The second-order valence-corrected chi connectivity index (χ2v) is 20.1. The Morgan fingerprint density at radius 2 is 1.34 bits per heavy atom. The minimum atomic E-state index is -1.89. The van der Waals surface area contributed by atoms with E-state index in [4.69, 9.17) is 50.6 Å². The van der Waals surface area contributed by atoms with Crippen molar-refractivity contribution in [2.75, 3.05) is 7.05 Å². The number of carbonyl (C=O) groups excluding carboxylic acids is 6. The lowest BCUT2D eigenvalue weighted by atomic mass is 9.92. The van der Waals surface area contributed by atoms with Gasteiger partial charge in [-0.15, -0.1) is 0 Å². The quantitative estimate of drug-likeness (QED) is 0.104. The number of aliphatic hydroxyl groups is 2. The third kappa shape index (κ3) is 11.9. The molecule has 77 heavy (non-hydrogen) atoms. The highest BCUT2D eigenvalue weighted by molar-refractivity contribution is 7.80. The molecule has 0 unspecified atom stereocenters. The first-order chi connectivity index (χ1) is 36.5. The number of benzene rings is 5. The average Bonchev–Trinajstić information content (AvgIpc) is 3.38. The van der Waals surface area contributed by atoms with Gasteiger partial charge in [-0.25, -0.2) is 0 Å². The van der Waals surface area contributed by atoms with Crippen molar-refractivity contribution in [2.24, 2.45) is 11.7 Å². The molecule has 6 amide bonds. The summed E-state index contributed by atoms with van der Waals surface area (Å²) in [5.41, 5.74) is 5.49. The number of nitrogens with one attached hydrogen (secondary N) is 7. The van der Waals surface area contributed by atoms with Crippen LogP contribution in [-0.2, 0) is 35.3 Å². The van der Waals surface area contributed by atoms with Gasteiger partial charge in [0.2, 0.25) is 41.2 Å². The number of phenols is 4. The number of likely N-dealkylation sites (N-methyl/N-ethyl adjacent to an activating group) is 1. The zero-order valence-corrected chi connectivity index (χ0v) is 43.3. The van der Waals surface area contributed by atoms with E-state index in [0.717, 1.165) is 6.07 Å². The number of hydrogen-bond donors (Lipinski definition) is 14. The molecule has 0 aliphatic carbocycles. The van der Waals surface area contributed by atoms with E-state index in [2.05, 4.69) is 37.2 Å².